The molecular formula is C10H16FNO3. The summed E-state index contributed by atoms with van der Waals surface area (Å²) in [4.78, 5) is 23.1. The number of amides is 2. The van der Waals surface area contributed by atoms with Gasteiger partial charge in [0.2, 0.25) is 6.41 Å². The Bertz CT molecular complexity index is 256. The first-order valence-electron chi connectivity index (χ1n) is 4.94. The van der Waals surface area contributed by atoms with Gasteiger partial charge in [0, 0.05) is 6.04 Å². The summed E-state index contributed by atoms with van der Waals surface area (Å²) in [6, 6.07) is -0.340. The van der Waals surface area contributed by atoms with Crippen LogP contribution in [0.25, 0.3) is 0 Å². The molecule has 0 saturated heterocycles. The summed E-state index contributed by atoms with van der Waals surface area (Å²) in [6.07, 6.45) is -0.755. The fraction of sp³-hybridized carbons (Fsp3) is 0.800. The van der Waals surface area contributed by atoms with E-state index in [4.69, 9.17) is 4.74 Å². The molecule has 0 heterocycles. The molecule has 1 aliphatic carbocycles. The van der Waals surface area contributed by atoms with E-state index >= 15 is 0 Å². The molecule has 0 N–H and O–H groups in total. The molecule has 0 atom stereocenters. The number of carbonyl (C=O) groups excluding carboxylic acids is 2. The largest absolute Gasteiger partial charge is 0.443 e. The van der Waals surface area contributed by atoms with Gasteiger partial charge in [-0.05, 0) is 33.6 Å². The minimum atomic E-state index is -0.903. The molecule has 0 radical (unpaired) electrons. The van der Waals surface area contributed by atoms with Gasteiger partial charge in [-0.25, -0.2) is 14.1 Å². The molecule has 1 fully saturated rings. The first-order chi connectivity index (χ1) is 6.83. The number of alkyl halides is 1. The molecular weight excluding hydrogens is 201 g/mol. The summed E-state index contributed by atoms with van der Waals surface area (Å²) in [5.41, 5.74) is -0.642. The SMILES string of the molecule is CC(C)(C)OC(=O)N(C=O)C1CC(F)C1. The number of carbonyl (C=O) groups is 2. The van der Waals surface area contributed by atoms with Gasteiger partial charge in [0.25, 0.3) is 0 Å². The maximum absolute atomic E-state index is 12.6. The van der Waals surface area contributed by atoms with E-state index in [1.807, 2.05) is 0 Å². The molecule has 0 aromatic heterocycles. The summed E-state index contributed by atoms with van der Waals surface area (Å²) in [6.45, 7) is 5.14. The van der Waals surface area contributed by atoms with Crippen molar-refractivity contribution in [1.29, 1.82) is 0 Å². The second kappa shape index (κ2) is 4.16. The Morgan fingerprint density at radius 3 is 2.33 bits per heavy atom. The molecule has 0 aromatic carbocycles. The summed E-state index contributed by atoms with van der Waals surface area (Å²) in [5, 5.41) is 0. The monoisotopic (exact) mass is 217 g/mol. The van der Waals surface area contributed by atoms with Crippen molar-refractivity contribution in [3.8, 4) is 0 Å². The Morgan fingerprint density at radius 1 is 1.47 bits per heavy atom. The van der Waals surface area contributed by atoms with Crippen molar-refractivity contribution < 1.29 is 18.7 Å². The first-order valence-corrected chi connectivity index (χ1v) is 4.94. The zero-order chi connectivity index (χ0) is 11.6. The Hall–Kier alpha value is -1.13. The number of imide groups is 1. The van der Waals surface area contributed by atoms with Crippen molar-refractivity contribution in [2.75, 3.05) is 0 Å². The van der Waals surface area contributed by atoms with Gasteiger partial charge in [-0.3, -0.25) is 4.79 Å². The van der Waals surface area contributed by atoms with Crippen LogP contribution in [0, 0.1) is 0 Å². The highest BCUT2D eigenvalue weighted by Gasteiger charge is 2.37. The highest BCUT2D eigenvalue weighted by molar-refractivity contribution is 5.81. The van der Waals surface area contributed by atoms with Gasteiger partial charge in [0.1, 0.15) is 11.8 Å². The van der Waals surface area contributed by atoms with Gasteiger partial charge >= 0.3 is 6.09 Å². The quantitative estimate of drug-likeness (QED) is 0.663. The average molecular weight is 217 g/mol. The fourth-order valence-electron chi connectivity index (χ4n) is 1.34. The van der Waals surface area contributed by atoms with E-state index < -0.39 is 17.9 Å². The lowest BCUT2D eigenvalue weighted by molar-refractivity contribution is -0.122. The highest BCUT2D eigenvalue weighted by Crippen LogP contribution is 2.28. The third kappa shape index (κ3) is 3.18. The van der Waals surface area contributed by atoms with E-state index in [-0.39, 0.29) is 18.9 Å². The van der Waals surface area contributed by atoms with Gasteiger partial charge in [0.05, 0.1) is 0 Å². The molecule has 1 aliphatic rings. The smallest absolute Gasteiger partial charge is 0.417 e. The van der Waals surface area contributed by atoms with E-state index in [1.165, 1.54) is 0 Å². The molecule has 5 heteroatoms. The standard InChI is InChI=1S/C10H16FNO3/c1-10(2,3)15-9(14)12(6-13)8-4-7(11)5-8/h6-8H,4-5H2,1-3H3. The van der Waals surface area contributed by atoms with E-state index in [1.54, 1.807) is 20.8 Å². The Kier molecular flexibility index (Phi) is 3.31. The molecule has 0 bridgehead atoms. The first kappa shape index (κ1) is 11.9. The van der Waals surface area contributed by atoms with E-state index in [2.05, 4.69) is 0 Å². The second-order valence-corrected chi connectivity index (χ2v) is 4.72. The molecule has 0 spiro atoms. The number of nitrogens with zero attached hydrogens (tertiary/aromatic N) is 1. The van der Waals surface area contributed by atoms with Crippen molar-refractivity contribution >= 4 is 12.5 Å². The molecule has 0 unspecified atom stereocenters. The zero-order valence-corrected chi connectivity index (χ0v) is 9.20. The number of rotatable bonds is 2. The van der Waals surface area contributed by atoms with E-state index in [0.717, 1.165) is 4.90 Å². The number of ether oxygens (including phenoxy) is 1. The maximum Gasteiger partial charge on any atom is 0.417 e. The molecule has 4 nitrogen and oxygen atoms in total. The van der Waals surface area contributed by atoms with E-state index in [9.17, 15) is 14.0 Å². The van der Waals surface area contributed by atoms with Crippen molar-refractivity contribution in [1.82, 2.24) is 4.90 Å². The van der Waals surface area contributed by atoms with Gasteiger partial charge in [-0.15, -0.1) is 0 Å². The van der Waals surface area contributed by atoms with Crippen molar-refractivity contribution in [2.45, 2.75) is 51.4 Å². The lowest BCUT2D eigenvalue weighted by Gasteiger charge is -2.36. The van der Waals surface area contributed by atoms with Crippen LogP contribution in [0.15, 0.2) is 0 Å². The average Bonchev–Trinajstić information content (AvgIpc) is 1.99. The van der Waals surface area contributed by atoms with Crippen LogP contribution in [0.3, 0.4) is 0 Å². The third-order valence-electron chi connectivity index (χ3n) is 2.17. The Balaban J connectivity index is 2.52. The summed E-state index contributed by atoms with van der Waals surface area (Å²) in [7, 11) is 0. The molecule has 0 aromatic rings. The lowest BCUT2D eigenvalue weighted by atomic mass is 9.90. The predicted octanol–water partition coefficient (Wildman–Crippen LogP) is 1.88. The Labute approximate surface area is 88.4 Å². The lowest BCUT2D eigenvalue weighted by Crippen LogP contribution is -2.49. The molecule has 86 valence electrons. The summed E-state index contributed by atoms with van der Waals surface area (Å²) < 4.78 is 17.6. The van der Waals surface area contributed by atoms with Crippen LogP contribution in [-0.2, 0) is 9.53 Å². The van der Waals surface area contributed by atoms with Crippen LogP contribution < -0.4 is 0 Å². The van der Waals surface area contributed by atoms with Gasteiger partial charge in [-0.1, -0.05) is 0 Å². The maximum atomic E-state index is 12.6. The van der Waals surface area contributed by atoms with Crippen molar-refractivity contribution in [2.24, 2.45) is 0 Å². The van der Waals surface area contributed by atoms with Crippen LogP contribution in [0.5, 0.6) is 0 Å². The van der Waals surface area contributed by atoms with Crippen LogP contribution >= 0.6 is 0 Å². The van der Waals surface area contributed by atoms with Gasteiger partial charge < -0.3 is 4.74 Å². The zero-order valence-electron chi connectivity index (χ0n) is 9.20. The summed E-state index contributed by atoms with van der Waals surface area (Å²) in [5.74, 6) is 0. The number of hydrogen-bond acceptors (Lipinski definition) is 3. The Morgan fingerprint density at radius 2 is 2.00 bits per heavy atom. The number of halogens is 1. The topological polar surface area (TPSA) is 46.6 Å². The van der Waals surface area contributed by atoms with Crippen LogP contribution in [0.4, 0.5) is 9.18 Å². The number of hydrogen-bond donors (Lipinski definition) is 0. The second-order valence-electron chi connectivity index (χ2n) is 4.72. The van der Waals surface area contributed by atoms with Crippen LogP contribution in [-0.4, -0.2) is 35.2 Å². The van der Waals surface area contributed by atoms with Crippen LogP contribution in [0.2, 0.25) is 0 Å². The fourth-order valence-corrected chi connectivity index (χ4v) is 1.34. The molecule has 0 aliphatic heterocycles. The van der Waals surface area contributed by atoms with Crippen molar-refractivity contribution in [3.05, 3.63) is 0 Å². The van der Waals surface area contributed by atoms with Gasteiger partial charge in [-0.2, -0.15) is 0 Å². The third-order valence-corrected chi connectivity index (χ3v) is 2.17. The molecule has 15 heavy (non-hydrogen) atoms. The minimum Gasteiger partial charge on any atom is -0.443 e. The molecule has 2 amide bonds. The molecule has 1 saturated carbocycles. The summed E-state index contributed by atoms with van der Waals surface area (Å²) >= 11 is 0. The highest BCUT2D eigenvalue weighted by atomic mass is 19.1. The minimum absolute atomic E-state index is 0.220. The van der Waals surface area contributed by atoms with E-state index in [0.29, 0.717) is 6.41 Å². The molecule has 1 rings (SSSR count). The van der Waals surface area contributed by atoms with Crippen molar-refractivity contribution in [3.63, 3.8) is 0 Å². The van der Waals surface area contributed by atoms with Crippen LogP contribution in [0.1, 0.15) is 33.6 Å². The normalized spacial score (nSPS) is 25.3. The predicted molar refractivity (Wildman–Crippen MR) is 52.1 cm³/mol. The van der Waals surface area contributed by atoms with Gasteiger partial charge in [0.15, 0.2) is 0 Å².